The van der Waals surface area contributed by atoms with Gasteiger partial charge < -0.3 is 9.83 Å². The number of nitrogens with zero attached hydrogens (tertiary/aromatic N) is 3. The Morgan fingerprint density at radius 1 is 1.19 bits per heavy atom. The molecule has 0 aliphatic rings. The van der Waals surface area contributed by atoms with Crippen LogP contribution >= 0.6 is 0 Å². The number of hydrazone groups is 1. The molecule has 0 radical (unpaired) electrons. The summed E-state index contributed by atoms with van der Waals surface area (Å²) >= 11 is 0. The first-order valence-electron chi connectivity index (χ1n) is 8.79. The second kappa shape index (κ2) is 8.68. The highest BCUT2D eigenvalue weighted by atomic mass is 15.3. The second-order valence-corrected chi connectivity index (χ2v) is 6.02. The number of pyridine rings is 1. The first-order chi connectivity index (χ1) is 12.8. The molecule has 0 atom stereocenters. The minimum atomic E-state index is 0.693. The number of fused-ring (bicyclic) bond motifs is 1. The number of nitrogens with one attached hydrogen (secondary N) is 1. The third kappa shape index (κ3) is 4.20. The third-order valence-electron chi connectivity index (χ3n) is 4.19. The van der Waals surface area contributed by atoms with Crippen molar-refractivity contribution in [2.24, 2.45) is 5.10 Å². The van der Waals surface area contributed by atoms with Crippen LogP contribution in [0.3, 0.4) is 0 Å². The van der Waals surface area contributed by atoms with Crippen LogP contribution in [0.15, 0.2) is 72.0 Å². The molecule has 3 rings (SSSR count). The van der Waals surface area contributed by atoms with Crippen LogP contribution in [-0.4, -0.2) is 17.2 Å². The van der Waals surface area contributed by atoms with E-state index in [1.54, 1.807) is 6.21 Å². The Morgan fingerprint density at radius 3 is 2.81 bits per heavy atom. The first kappa shape index (κ1) is 17.5. The van der Waals surface area contributed by atoms with E-state index in [0.717, 1.165) is 19.4 Å². The number of rotatable bonds is 7. The van der Waals surface area contributed by atoms with Gasteiger partial charge in [0.25, 0.3) is 0 Å². The lowest BCUT2D eigenvalue weighted by Gasteiger charge is -2.03. The number of hydrogen-bond donors (Lipinski definition) is 1. The summed E-state index contributed by atoms with van der Waals surface area (Å²) in [6.07, 6.45) is 9.67. The van der Waals surface area contributed by atoms with E-state index in [1.807, 2.05) is 37.3 Å². The van der Waals surface area contributed by atoms with Crippen molar-refractivity contribution in [2.45, 2.75) is 19.8 Å². The molecule has 0 saturated heterocycles. The average molecular weight is 342 g/mol. The van der Waals surface area contributed by atoms with Crippen LogP contribution in [0.5, 0.6) is 0 Å². The lowest BCUT2D eigenvalue weighted by molar-refractivity contribution is 0.788. The zero-order chi connectivity index (χ0) is 18.2. The molecule has 0 bridgehead atoms. The summed E-state index contributed by atoms with van der Waals surface area (Å²) in [6, 6.07) is 18.5. The van der Waals surface area contributed by atoms with Crippen LogP contribution in [0.1, 0.15) is 29.3 Å². The molecule has 0 aliphatic carbocycles. The van der Waals surface area contributed by atoms with Crippen molar-refractivity contribution in [2.75, 3.05) is 6.54 Å². The van der Waals surface area contributed by atoms with Gasteiger partial charge in [0.05, 0.1) is 11.6 Å². The van der Waals surface area contributed by atoms with E-state index < -0.39 is 0 Å². The monoisotopic (exact) mass is 342 g/mol. The highest BCUT2D eigenvalue weighted by Gasteiger charge is 2.08. The molecule has 0 saturated carbocycles. The van der Waals surface area contributed by atoms with E-state index in [2.05, 4.69) is 57.5 Å². The van der Waals surface area contributed by atoms with E-state index >= 15 is 0 Å². The Hall–Kier alpha value is -3.32. The van der Waals surface area contributed by atoms with Crippen molar-refractivity contribution < 1.29 is 0 Å². The first-order valence-corrected chi connectivity index (χ1v) is 8.79. The molecule has 0 spiro atoms. The lowest BCUT2D eigenvalue weighted by atomic mass is 10.1. The summed E-state index contributed by atoms with van der Waals surface area (Å²) in [5, 5.41) is 13.0. The van der Waals surface area contributed by atoms with Crippen molar-refractivity contribution in [1.29, 1.82) is 5.26 Å². The van der Waals surface area contributed by atoms with E-state index in [1.165, 1.54) is 22.3 Å². The fourth-order valence-corrected chi connectivity index (χ4v) is 2.95. The summed E-state index contributed by atoms with van der Waals surface area (Å²) < 4.78 is 2.24. The van der Waals surface area contributed by atoms with Crippen LogP contribution in [0.25, 0.3) is 5.52 Å². The molecule has 2 heterocycles. The molecular formula is C22H22N4. The molecule has 0 aliphatic heterocycles. The molecule has 4 heteroatoms. The Bertz CT molecular complexity index is 956. The molecule has 4 nitrogen and oxygen atoms in total. The van der Waals surface area contributed by atoms with Gasteiger partial charge in [-0.25, -0.2) is 0 Å². The van der Waals surface area contributed by atoms with Gasteiger partial charge >= 0.3 is 0 Å². The van der Waals surface area contributed by atoms with Crippen molar-refractivity contribution in [1.82, 2.24) is 9.83 Å². The van der Waals surface area contributed by atoms with Gasteiger partial charge in [0, 0.05) is 36.6 Å². The average Bonchev–Trinajstić information content (AvgIpc) is 3.03. The Balaban J connectivity index is 1.81. The Kier molecular flexibility index (Phi) is 5.84. The van der Waals surface area contributed by atoms with Gasteiger partial charge in [-0.15, -0.1) is 0 Å². The molecule has 1 aromatic carbocycles. The summed E-state index contributed by atoms with van der Waals surface area (Å²) in [5.74, 6) is 0. The number of hydrogen-bond acceptors (Lipinski definition) is 3. The molecule has 0 fully saturated rings. The molecular weight excluding hydrogens is 320 g/mol. The quantitative estimate of drug-likeness (QED) is 0.519. The molecule has 26 heavy (non-hydrogen) atoms. The summed E-state index contributed by atoms with van der Waals surface area (Å²) in [5.41, 5.74) is 8.57. The van der Waals surface area contributed by atoms with Gasteiger partial charge in [0.2, 0.25) is 0 Å². The highest BCUT2D eigenvalue weighted by Crippen LogP contribution is 2.21. The third-order valence-corrected chi connectivity index (χ3v) is 4.19. The van der Waals surface area contributed by atoms with Gasteiger partial charge in [-0.3, -0.25) is 0 Å². The summed E-state index contributed by atoms with van der Waals surface area (Å²) in [6.45, 7) is 2.84. The maximum atomic E-state index is 8.94. The molecule has 130 valence electrons. The fourth-order valence-electron chi connectivity index (χ4n) is 2.95. The number of nitriles is 1. The smallest absolute Gasteiger partial charge is 0.0991 e. The van der Waals surface area contributed by atoms with Gasteiger partial charge in [-0.05, 0) is 60.9 Å². The van der Waals surface area contributed by atoms with E-state index in [0.29, 0.717) is 5.56 Å². The van der Waals surface area contributed by atoms with E-state index in [4.69, 9.17) is 5.26 Å². The number of benzene rings is 1. The van der Waals surface area contributed by atoms with Crippen LogP contribution in [0.2, 0.25) is 0 Å². The van der Waals surface area contributed by atoms with Crippen LogP contribution in [0, 0.1) is 11.3 Å². The predicted molar refractivity (Wildman–Crippen MR) is 106 cm³/mol. The van der Waals surface area contributed by atoms with Gasteiger partial charge in [0.15, 0.2) is 0 Å². The number of aromatic nitrogens is 1. The highest BCUT2D eigenvalue weighted by molar-refractivity contribution is 5.71. The maximum absolute atomic E-state index is 8.94. The van der Waals surface area contributed by atoms with Crippen molar-refractivity contribution in [3.63, 3.8) is 0 Å². The van der Waals surface area contributed by atoms with Crippen molar-refractivity contribution in [3.8, 4) is 6.07 Å². The zero-order valence-electron chi connectivity index (χ0n) is 14.9. The molecule has 2 aromatic heterocycles. The predicted octanol–water partition coefficient (Wildman–Crippen LogP) is 4.10. The largest absolute Gasteiger partial charge is 0.320 e. The maximum Gasteiger partial charge on any atom is 0.0991 e. The van der Waals surface area contributed by atoms with Crippen molar-refractivity contribution in [3.05, 3.63) is 89.3 Å². The van der Waals surface area contributed by atoms with E-state index in [-0.39, 0.29) is 0 Å². The normalized spacial score (nSPS) is 11.4. The minimum Gasteiger partial charge on any atom is -0.320 e. The number of allylic oxidation sites excluding steroid dienone is 2. The van der Waals surface area contributed by atoms with Gasteiger partial charge in [0.1, 0.15) is 0 Å². The molecule has 0 unspecified atom stereocenters. The Labute approximate surface area is 154 Å². The molecule has 1 N–H and O–H groups in total. The summed E-state index contributed by atoms with van der Waals surface area (Å²) in [7, 11) is 0. The van der Waals surface area contributed by atoms with Crippen LogP contribution in [-0.2, 0) is 12.8 Å². The minimum absolute atomic E-state index is 0.693. The fraction of sp³-hybridized carbons (Fsp3) is 0.182. The van der Waals surface area contributed by atoms with Crippen molar-refractivity contribution >= 4 is 11.7 Å². The second-order valence-electron chi connectivity index (χ2n) is 6.02. The zero-order valence-corrected chi connectivity index (χ0v) is 14.9. The van der Waals surface area contributed by atoms with E-state index in [9.17, 15) is 0 Å². The van der Waals surface area contributed by atoms with Gasteiger partial charge in [-0.2, -0.15) is 10.4 Å². The lowest BCUT2D eigenvalue weighted by Crippen LogP contribution is -2.01. The topological polar surface area (TPSA) is 52.6 Å². The Morgan fingerprint density at radius 2 is 2.04 bits per heavy atom. The standard InChI is InChI=1S/C22H22N4/c1-2-24-25-13-5-3-7-20-16-21(26-14-6-4-8-22(20)26)15-18-9-11-19(17-23)12-10-18/h3-6,8-14,16,24H,2,7,15H2,1H3/b5-3+,25-13-. The van der Waals surface area contributed by atoms with Gasteiger partial charge in [-0.1, -0.05) is 24.3 Å². The van der Waals surface area contributed by atoms with Crippen LogP contribution < -0.4 is 5.43 Å². The molecule has 0 amide bonds. The summed E-state index contributed by atoms with van der Waals surface area (Å²) in [4.78, 5) is 0. The SMILES string of the molecule is CCN/N=C\C=C\Cc1cc(Cc2ccc(C#N)cc2)n2ccccc12. The van der Waals surface area contributed by atoms with Crippen LogP contribution in [0.4, 0.5) is 0 Å². The molecule has 3 aromatic rings.